The van der Waals surface area contributed by atoms with Gasteiger partial charge in [-0.2, -0.15) is 0 Å². The highest BCUT2D eigenvalue weighted by Gasteiger charge is 2.06. The highest BCUT2D eigenvalue weighted by Crippen LogP contribution is 2.17. The second-order valence-electron chi connectivity index (χ2n) is 4.13. The molecule has 4 heteroatoms. The van der Waals surface area contributed by atoms with Crippen molar-refractivity contribution in [3.05, 3.63) is 59.9 Å². The number of rotatable bonds is 4. The van der Waals surface area contributed by atoms with Gasteiger partial charge in [0.05, 0.1) is 0 Å². The third-order valence-electron chi connectivity index (χ3n) is 2.83. The van der Waals surface area contributed by atoms with Gasteiger partial charge in [0, 0.05) is 37.7 Å². The van der Waals surface area contributed by atoms with Crippen molar-refractivity contribution in [2.75, 3.05) is 18.5 Å². The number of anilines is 1. The van der Waals surface area contributed by atoms with Gasteiger partial charge in [0.1, 0.15) is 0 Å². The molecule has 1 aromatic heterocycles. The van der Waals surface area contributed by atoms with E-state index in [1.165, 1.54) is 11.6 Å². The second-order valence-corrected chi connectivity index (χ2v) is 4.13. The van der Waals surface area contributed by atoms with Gasteiger partial charge in [0.15, 0.2) is 11.6 Å². The van der Waals surface area contributed by atoms with Gasteiger partial charge >= 0.3 is 0 Å². The summed E-state index contributed by atoms with van der Waals surface area (Å²) in [5.41, 5.74) is 1.84. The molecule has 0 N–H and O–H groups in total. The first-order valence-corrected chi connectivity index (χ1v) is 5.72. The number of likely N-dealkylation sites (N-methyl/N-ethyl adjacent to an activating group) is 1. The highest BCUT2D eigenvalue weighted by atomic mass is 19.2. The summed E-state index contributed by atoms with van der Waals surface area (Å²) in [7, 11) is 1.86. The molecule has 0 aliphatic carbocycles. The molecule has 0 aliphatic heterocycles. The Hall–Kier alpha value is -1.97. The molecule has 94 valence electrons. The van der Waals surface area contributed by atoms with Crippen LogP contribution in [-0.4, -0.2) is 18.6 Å². The largest absolute Gasteiger partial charge is 0.374 e. The Labute approximate surface area is 105 Å². The van der Waals surface area contributed by atoms with Gasteiger partial charge in [-0.3, -0.25) is 4.98 Å². The average molecular weight is 248 g/mol. The van der Waals surface area contributed by atoms with Crippen LogP contribution in [0.2, 0.25) is 0 Å². The predicted octanol–water partition coefficient (Wildman–Crippen LogP) is 3.04. The molecular formula is C14H14F2N2. The van der Waals surface area contributed by atoms with Crippen LogP contribution < -0.4 is 4.90 Å². The van der Waals surface area contributed by atoms with Crippen LogP contribution in [0.15, 0.2) is 42.7 Å². The normalized spacial score (nSPS) is 10.4. The van der Waals surface area contributed by atoms with E-state index in [-0.39, 0.29) is 0 Å². The molecule has 0 radical (unpaired) electrons. The Kier molecular flexibility index (Phi) is 3.87. The lowest BCUT2D eigenvalue weighted by molar-refractivity contribution is 0.508. The van der Waals surface area contributed by atoms with Gasteiger partial charge in [-0.15, -0.1) is 0 Å². The molecule has 0 saturated heterocycles. The molecule has 0 unspecified atom stereocenters. The first-order valence-electron chi connectivity index (χ1n) is 5.72. The van der Waals surface area contributed by atoms with Crippen LogP contribution in [0.5, 0.6) is 0 Å². The Morgan fingerprint density at radius 1 is 1.06 bits per heavy atom. The third kappa shape index (κ3) is 3.03. The van der Waals surface area contributed by atoms with Gasteiger partial charge in [-0.25, -0.2) is 8.78 Å². The third-order valence-corrected chi connectivity index (χ3v) is 2.83. The van der Waals surface area contributed by atoms with Crippen LogP contribution in [0.1, 0.15) is 5.56 Å². The Morgan fingerprint density at radius 2 is 1.78 bits per heavy atom. The highest BCUT2D eigenvalue weighted by molar-refractivity contribution is 5.46. The van der Waals surface area contributed by atoms with E-state index in [1.807, 2.05) is 24.1 Å². The number of benzene rings is 1. The smallest absolute Gasteiger partial charge is 0.160 e. The van der Waals surface area contributed by atoms with Crippen LogP contribution in [0.25, 0.3) is 0 Å². The predicted molar refractivity (Wildman–Crippen MR) is 67.6 cm³/mol. The lowest BCUT2D eigenvalue weighted by Crippen LogP contribution is -2.20. The Morgan fingerprint density at radius 3 is 2.44 bits per heavy atom. The summed E-state index contributed by atoms with van der Waals surface area (Å²) in [5.74, 6) is -1.63. The molecule has 0 bridgehead atoms. The van der Waals surface area contributed by atoms with E-state index in [2.05, 4.69) is 4.98 Å². The number of hydrogen-bond acceptors (Lipinski definition) is 2. The summed E-state index contributed by atoms with van der Waals surface area (Å²) >= 11 is 0. The molecule has 0 aliphatic rings. The van der Waals surface area contributed by atoms with Crippen LogP contribution in [0.3, 0.4) is 0 Å². The zero-order chi connectivity index (χ0) is 13.0. The summed E-state index contributed by atoms with van der Waals surface area (Å²) in [6.07, 6.45) is 4.32. The number of hydrogen-bond donors (Lipinski definition) is 0. The fraction of sp³-hybridized carbons (Fsp3) is 0.214. The second kappa shape index (κ2) is 5.58. The van der Waals surface area contributed by atoms with Crippen LogP contribution >= 0.6 is 0 Å². The standard InChI is InChI=1S/C14H14F2N2/c1-18(9-6-11-4-7-17-8-5-11)12-2-3-13(15)14(16)10-12/h2-5,7-8,10H,6,9H2,1H3. The molecule has 0 saturated carbocycles. The summed E-state index contributed by atoms with van der Waals surface area (Å²) in [6.45, 7) is 0.731. The van der Waals surface area contributed by atoms with E-state index in [9.17, 15) is 8.78 Å². The van der Waals surface area contributed by atoms with E-state index in [0.29, 0.717) is 5.69 Å². The molecule has 2 aromatic rings. The fourth-order valence-corrected chi connectivity index (χ4v) is 1.70. The van der Waals surface area contributed by atoms with Crippen molar-refractivity contribution >= 4 is 5.69 Å². The topological polar surface area (TPSA) is 16.1 Å². The lowest BCUT2D eigenvalue weighted by atomic mass is 10.2. The quantitative estimate of drug-likeness (QED) is 0.826. The average Bonchev–Trinajstić information content (AvgIpc) is 2.40. The van der Waals surface area contributed by atoms with E-state index in [1.54, 1.807) is 18.5 Å². The van der Waals surface area contributed by atoms with Crippen molar-refractivity contribution in [3.8, 4) is 0 Å². The molecule has 1 heterocycles. The minimum Gasteiger partial charge on any atom is -0.374 e. The maximum Gasteiger partial charge on any atom is 0.160 e. The maximum absolute atomic E-state index is 13.1. The van der Waals surface area contributed by atoms with Crippen molar-refractivity contribution in [2.45, 2.75) is 6.42 Å². The van der Waals surface area contributed by atoms with Crippen LogP contribution in [0, 0.1) is 11.6 Å². The van der Waals surface area contributed by atoms with Crippen molar-refractivity contribution in [3.63, 3.8) is 0 Å². The van der Waals surface area contributed by atoms with Crippen LogP contribution in [-0.2, 0) is 6.42 Å². The summed E-state index contributed by atoms with van der Waals surface area (Å²) < 4.78 is 25.9. The molecule has 2 rings (SSSR count). The molecule has 0 atom stereocenters. The summed E-state index contributed by atoms with van der Waals surface area (Å²) in [4.78, 5) is 5.84. The van der Waals surface area contributed by atoms with E-state index >= 15 is 0 Å². The maximum atomic E-state index is 13.1. The number of halogens is 2. The Balaban J connectivity index is 1.99. The van der Waals surface area contributed by atoms with Crippen molar-refractivity contribution in [1.29, 1.82) is 0 Å². The SMILES string of the molecule is CN(CCc1ccncc1)c1ccc(F)c(F)c1. The molecular weight excluding hydrogens is 234 g/mol. The summed E-state index contributed by atoms with van der Waals surface area (Å²) in [5, 5.41) is 0. The van der Waals surface area contributed by atoms with Crippen LogP contribution in [0.4, 0.5) is 14.5 Å². The molecule has 18 heavy (non-hydrogen) atoms. The van der Waals surface area contributed by atoms with Gasteiger partial charge in [0.2, 0.25) is 0 Å². The number of pyridine rings is 1. The first-order chi connectivity index (χ1) is 8.66. The van der Waals surface area contributed by atoms with Crippen molar-refractivity contribution < 1.29 is 8.78 Å². The van der Waals surface area contributed by atoms with E-state index in [4.69, 9.17) is 0 Å². The zero-order valence-corrected chi connectivity index (χ0v) is 10.1. The molecule has 0 amide bonds. The Bertz CT molecular complexity index is 514. The number of nitrogens with zero attached hydrogens (tertiary/aromatic N) is 2. The van der Waals surface area contributed by atoms with E-state index < -0.39 is 11.6 Å². The monoisotopic (exact) mass is 248 g/mol. The minimum absolute atomic E-state index is 0.669. The molecule has 2 nitrogen and oxygen atoms in total. The minimum atomic E-state index is -0.818. The van der Waals surface area contributed by atoms with Gasteiger partial charge in [-0.05, 0) is 36.2 Å². The number of aromatic nitrogens is 1. The molecule has 0 fully saturated rings. The zero-order valence-electron chi connectivity index (χ0n) is 10.1. The van der Waals surface area contributed by atoms with E-state index in [0.717, 1.165) is 19.0 Å². The lowest BCUT2D eigenvalue weighted by Gasteiger charge is -2.19. The van der Waals surface area contributed by atoms with Crippen molar-refractivity contribution in [1.82, 2.24) is 4.98 Å². The molecule has 1 aromatic carbocycles. The molecule has 0 spiro atoms. The van der Waals surface area contributed by atoms with Gasteiger partial charge in [-0.1, -0.05) is 0 Å². The first kappa shape index (κ1) is 12.5. The van der Waals surface area contributed by atoms with Gasteiger partial charge in [0.25, 0.3) is 0 Å². The fourth-order valence-electron chi connectivity index (χ4n) is 1.70. The van der Waals surface area contributed by atoms with Crippen molar-refractivity contribution in [2.24, 2.45) is 0 Å². The summed E-state index contributed by atoms with van der Waals surface area (Å²) in [6, 6.07) is 7.82. The van der Waals surface area contributed by atoms with Gasteiger partial charge < -0.3 is 4.90 Å².